The van der Waals surface area contributed by atoms with Crippen LogP contribution in [0.4, 0.5) is 0 Å². The van der Waals surface area contributed by atoms with Crippen LogP contribution in [0.2, 0.25) is 5.02 Å². The van der Waals surface area contributed by atoms with E-state index in [1.54, 1.807) is 0 Å². The van der Waals surface area contributed by atoms with Gasteiger partial charge in [0.05, 0.1) is 5.92 Å². The molecule has 1 aromatic carbocycles. The van der Waals surface area contributed by atoms with Crippen LogP contribution in [0.25, 0.3) is 0 Å². The number of nitrogens with zero attached hydrogens (tertiary/aromatic N) is 1. The molecule has 2 aliphatic rings. The molecule has 1 aromatic rings. The molecule has 0 radical (unpaired) electrons. The van der Waals surface area contributed by atoms with Gasteiger partial charge < -0.3 is 15.4 Å². The third-order valence-corrected chi connectivity index (χ3v) is 4.28. The molecule has 1 saturated heterocycles. The molecule has 2 atom stereocenters. The molecule has 4 nitrogen and oxygen atoms in total. The van der Waals surface area contributed by atoms with Crippen molar-refractivity contribution in [2.45, 2.75) is 25.3 Å². The minimum Gasteiger partial charge on any atom is -0.492 e. The lowest BCUT2D eigenvalue weighted by molar-refractivity contribution is -0.138. The highest BCUT2D eigenvalue weighted by Gasteiger charge is 2.31. The largest absolute Gasteiger partial charge is 0.492 e. The van der Waals surface area contributed by atoms with Crippen molar-refractivity contribution in [1.29, 1.82) is 0 Å². The van der Waals surface area contributed by atoms with Crippen molar-refractivity contribution in [3.63, 3.8) is 0 Å². The van der Waals surface area contributed by atoms with E-state index in [4.69, 9.17) is 22.1 Å². The van der Waals surface area contributed by atoms with Gasteiger partial charge in [-0.15, -0.1) is 0 Å². The fourth-order valence-corrected chi connectivity index (χ4v) is 3.18. The number of fused-ring (bicyclic) bond motifs is 1. The zero-order valence-electron chi connectivity index (χ0n) is 11.3. The first-order valence-electron chi connectivity index (χ1n) is 7.09. The van der Waals surface area contributed by atoms with Crippen LogP contribution >= 0.6 is 11.6 Å². The second kappa shape index (κ2) is 5.62. The second-order valence-corrected chi connectivity index (χ2v) is 6.09. The Morgan fingerprint density at radius 2 is 2.30 bits per heavy atom. The highest BCUT2D eigenvalue weighted by molar-refractivity contribution is 6.30. The first-order valence-corrected chi connectivity index (χ1v) is 7.47. The van der Waals surface area contributed by atoms with E-state index in [1.165, 1.54) is 0 Å². The van der Waals surface area contributed by atoms with Crippen molar-refractivity contribution in [3.8, 4) is 5.75 Å². The summed E-state index contributed by atoms with van der Waals surface area (Å²) in [5.41, 5.74) is 6.96. The van der Waals surface area contributed by atoms with E-state index in [2.05, 4.69) is 0 Å². The average Bonchev–Trinajstić information content (AvgIpc) is 2.45. The Morgan fingerprint density at radius 1 is 1.45 bits per heavy atom. The summed E-state index contributed by atoms with van der Waals surface area (Å²) >= 11 is 6.00. The average molecular weight is 295 g/mol. The molecule has 5 heteroatoms. The number of benzene rings is 1. The summed E-state index contributed by atoms with van der Waals surface area (Å²) in [5.74, 6) is 0.880. The quantitative estimate of drug-likeness (QED) is 0.860. The van der Waals surface area contributed by atoms with E-state index in [-0.39, 0.29) is 17.9 Å². The van der Waals surface area contributed by atoms with Crippen molar-refractivity contribution in [3.05, 3.63) is 28.8 Å². The van der Waals surface area contributed by atoms with Crippen LogP contribution in [0.1, 0.15) is 18.4 Å². The minimum absolute atomic E-state index is 0.110. The number of ether oxygens (including phenoxy) is 1. The molecule has 0 aromatic heterocycles. The van der Waals surface area contributed by atoms with E-state index in [1.807, 2.05) is 23.1 Å². The summed E-state index contributed by atoms with van der Waals surface area (Å²) in [6.45, 7) is 1.92. The molecule has 1 amide bonds. The maximum Gasteiger partial charge on any atom is 0.229 e. The van der Waals surface area contributed by atoms with Crippen LogP contribution in [0.15, 0.2) is 18.2 Å². The van der Waals surface area contributed by atoms with Crippen LogP contribution < -0.4 is 10.5 Å². The van der Waals surface area contributed by atoms with Gasteiger partial charge in [-0.2, -0.15) is 0 Å². The fraction of sp³-hybridized carbons (Fsp3) is 0.533. The first kappa shape index (κ1) is 13.7. The van der Waals surface area contributed by atoms with Gasteiger partial charge in [0.1, 0.15) is 12.4 Å². The maximum atomic E-state index is 12.6. The Kier molecular flexibility index (Phi) is 3.85. The molecule has 0 bridgehead atoms. The van der Waals surface area contributed by atoms with Gasteiger partial charge in [-0.25, -0.2) is 0 Å². The standard InChI is InChI=1S/C15H19ClN2O2/c16-12-3-4-14-10(7-12)6-11(9-20-14)15(19)18-5-1-2-13(17)8-18/h3-4,7,11,13H,1-2,5-6,8-9,17H2. The summed E-state index contributed by atoms with van der Waals surface area (Å²) in [4.78, 5) is 14.4. The summed E-state index contributed by atoms with van der Waals surface area (Å²) in [6, 6.07) is 5.68. The van der Waals surface area contributed by atoms with E-state index >= 15 is 0 Å². The molecule has 108 valence electrons. The van der Waals surface area contributed by atoms with Crippen LogP contribution in [0.5, 0.6) is 5.75 Å². The molecule has 0 aliphatic carbocycles. The minimum atomic E-state index is -0.119. The van der Waals surface area contributed by atoms with E-state index < -0.39 is 0 Å². The number of likely N-dealkylation sites (tertiary alicyclic amines) is 1. The third kappa shape index (κ3) is 2.76. The molecule has 3 rings (SSSR count). The van der Waals surface area contributed by atoms with E-state index in [0.717, 1.165) is 30.7 Å². The van der Waals surface area contributed by atoms with Crippen LogP contribution in [-0.4, -0.2) is 36.5 Å². The lowest BCUT2D eigenvalue weighted by Crippen LogP contribution is -2.49. The monoisotopic (exact) mass is 294 g/mol. The SMILES string of the molecule is NC1CCCN(C(=O)C2COc3ccc(Cl)cc3C2)C1. The molecule has 0 spiro atoms. The molecule has 1 fully saturated rings. The lowest BCUT2D eigenvalue weighted by Gasteiger charge is -2.34. The first-order chi connectivity index (χ1) is 9.63. The summed E-state index contributed by atoms with van der Waals surface area (Å²) in [5, 5.41) is 0.681. The molecule has 0 saturated carbocycles. The van der Waals surface area contributed by atoms with Crippen molar-refractivity contribution in [2.75, 3.05) is 19.7 Å². The molecular weight excluding hydrogens is 276 g/mol. The van der Waals surface area contributed by atoms with Gasteiger partial charge in [0.15, 0.2) is 0 Å². The number of rotatable bonds is 1. The number of piperidine rings is 1. The van der Waals surface area contributed by atoms with E-state index in [0.29, 0.717) is 24.6 Å². The van der Waals surface area contributed by atoms with Crippen LogP contribution in [-0.2, 0) is 11.2 Å². The Bertz CT molecular complexity index is 521. The highest BCUT2D eigenvalue weighted by atomic mass is 35.5. The number of carbonyl (C=O) groups excluding carboxylic acids is 1. The Hall–Kier alpha value is -1.26. The number of hydrogen-bond donors (Lipinski definition) is 1. The van der Waals surface area contributed by atoms with Gasteiger partial charge in [-0.05, 0) is 43.0 Å². The lowest BCUT2D eigenvalue weighted by atomic mass is 9.94. The van der Waals surface area contributed by atoms with Gasteiger partial charge in [-0.1, -0.05) is 11.6 Å². The van der Waals surface area contributed by atoms with Gasteiger partial charge in [0.2, 0.25) is 5.91 Å². The molecule has 20 heavy (non-hydrogen) atoms. The van der Waals surface area contributed by atoms with Gasteiger partial charge >= 0.3 is 0 Å². The predicted molar refractivity (Wildman–Crippen MR) is 77.9 cm³/mol. The number of nitrogens with two attached hydrogens (primary N) is 1. The molecular formula is C15H19ClN2O2. The molecule has 2 aliphatic heterocycles. The maximum absolute atomic E-state index is 12.6. The second-order valence-electron chi connectivity index (χ2n) is 5.65. The fourth-order valence-electron chi connectivity index (χ4n) is 2.99. The Labute approximate surface area is 123 Å². The Balaban J connectivity index is 1.71. The summed E-state index contributed by atoms with van der Waals surface area (Å²) in [6.07, 6.45) is 2.69. The van der Waals surface area contributed by atoms with Crippen molar-refractivity contribution < 1.29 is 9.53 Å². The van der Waals surface area contributed by atoms with Crippen LogP contribution in [0, 0.1) is 5.92 Å². The highest BCUT2D eigenvalue weighted by Crippen LogP contribution is 2.30. The predicted octanol–water partition coefficient (Wildman–Crippen LogP) is 1.84. The van der Waals surface area contributed by atoms with E-state index in [9.17, 15) is 4.79 Å². The summed E-state index contributed by atoms with van der Waals surface area (Å²) < 4.78 is 5.69. The molecule has 2 unspecified atom stereocenters. The van der Waals surface area contributed by atoms with Crippen molar-refractivity contribution >= 4 is 17.5 Å². The number of amides is 1. The number of hydrogen-bond acceptors (Lipinski definition) is 3. The zero-order chi connectivity index (χ0) is 14.1. The summed E-state index contributed by atoms with van der Waals surface area (Å²) in [7, 11) is 0. The van der Waals surface area contributed by atoms with Crippen LogP contribution in [0.3, 0.4) is 0 Å². The smallest absolute Gasteiger partial charge is 0.229 e. The number of halogens is 1. The number of carbonyl (C=O) groups is 1. The molecule has 2 heterocycles. The van der Waals surface area contributed by atoms with Gasteiger partial charge in [-0.3, -0.25) is 4.79 Å². The van der Waals surface area contributed by atoms with Gasteiger partial charge in [0.25, 0.3) is 0 Å². The zero-order valence-corrected chi connectivity index (χ0v) is 12.1. The topological polar surface area (TPSA) is 55.6 Å². The van der Waals surface area contributed by atoms with Crippen molar-refractivity contribution in [1.82, 2.24) is 4.90 Å². The van der Waals surface area contributed by atoms with Crippen molar-refractivity contribution in [2.24, 2.45) is 11.7 Å². The Morgan fingerprint density at radius 3 is 3.10 bits per heavy atom. The third-order valence-electron chi connectivity index (χ3n) is 4.05. The molecule has 2 N–H and O–H groups in total. The van der Waals surface area contributed by atoms with Gasteiger partial charge in [0, 0.05) is 24.2 Å². The normalized spacial score (nSPS) is 25.8.